The Bertz CT molecular complexity index is 554. The molecule has 0 bridgehead atoms. The lowest BCUT2D eigenvalue weighted by atomic mass is 9.97. The Morgan fingerprint density at radius 1 is 1.38 bits per heavy atom. The minimum atomic E-state index is -0.679. The largest absolute Gasteiger partial charge is 0.369 e. The van der Waals surface area contributed by atoms with Crippen molar-refractivity contribution in [2.45, 2.75) is 17.7 Å². The highest BCUT2D eigenvalue weighted by molar-refractivity contribution is 8.00. The van der Waals surface area contributed by atoms with Crippen LogP contribution in [-0.4, -0.2) is 35.6 Å². The molecule has 114 valence electrons. The summed E-state index contributed by atoms with van der Waals surface area (Å²) in [5.41, 5.74) is 5.26. The average Bonchev–Trinajstić information content (AvgIpc) is 2.46. The molecule has 1 aromatic rings. The number of carbonyl (C=O) groups is 2. The minimum absolute atomic E-state index is 0.0496. The maximum atomic E-state index is 13.5. The number of benzene rings is 1. The van der Waals surface area contributed by atoms with Crippen molar-refractivity contribution in [1.82, 2.24) is 4.90 Å². The van der Waals surface area contributed by atoms with Crippen LogP contribution in [0.1, 0.15) is 12.8 Å². The first-order valence-electron chi connectivity index (χ1n) is 6.62. The first-order valence-corrected chi connectivity index (χ1v) is 7.61. The summed E-state index contributed by atoms with van der Waals surface area (Å²) in [6.07, 6.45) is 1.42. The van der Waals surface area contributed by atoms with Gasteiger partial charge >= 0.3 is 0 Å². The maximum Gasteiger partial charge on any atom is 0.232 e. The van der Waals surface area contributed by atoms with E-state index in [9.17, 15) is 18.4 Å². The fourth-order valence-electron chi connectivity index (χ4n) is 2.26. The molecule has 1 atom stereocenters. The number of thioether (sulfide) groups is 1. The molecular weight excluding hydrogens is 298 g/mol. The Morgan fingerprint density at radius 2 is 2.14 bits per heavy atom. The zero-order chi connectivity index (χ0) is 15.4. The Kier molecular flexibility index (Phi) is 5.17. The van der Waals surface area contributed by atoms with Gasteiger partial charge in [-0.1, -0.05) is 0 Å². The van der Waals surface area contributed by atoms with Gasteiger partial charge in [0, 0.05) is 24.1 Å². The number of primary amides is 1. The molecule has 1 unspecified atom stereocenters. The molecule has 1 aliphatic rings. The van der Waals surface area contributed by atoms with Crippen LogP contribution in [0.4, 0.5) is 8.78 Å². The summed E-state index contributed by atoms with van der Waals surface area (Å²) in [4.78, 5) is 25.1. The van der Waals surface area contributed by atoms with Gasteiger partial charge in [-0.25, -0.2) is 8.78 Å². The number of nitrogens with two attached hydrogens (primary N) is 1. The summed E-state index contributed by atoms with van der Waals surface area (Å²) in [6.45, 7) is 0.899. The number of carbonyl (C=O) groups excluding carboxylic acids is 2. The van der Waals surface area contributed by atoms with Crippen LogP contribution in [0.3, 0.4) is 0 Å². The predicted molar refractivity (Wildman–Crippen MR) is 75.6 cm³/mol. The number of nitrogens with zero attached hydrogens (tertiary/aromatic N) is 1. The smallest absolute Gasteiger partial charge is 0.232 e. The third kappa shape index (κ3) is 4.17. The molecule has 2 amide bonds. The van der Waals surface area contributed by atoms with E-state index in [1.165, 1.54) is 6.07 Å². The summed E-state index contributed by atoms with van der Waals surface area (Å²) in [5.74, 6) is -2.16. The SMILES string of the molecule is NC(=O)C1CCCN(C(=O)CSc2ccc(F)cc2F)C1. The van der Waals surface area contributed by atoms with Crippen LogP contribution in [0.2, 0.25) is 0 Å². The summed E-state index contributed by atoms with van der Waals surface area (Å²) < 4.78 is 26.3. The number of hydrogen-bond donors (Lipinski definition) is 1. The number of piperidine rings is 1. The quantitative estimate of drug-likeness (QED) is 0.862. The van der Waals surface area contributed by atoms with Gasteiger partial charge in [-0.15, -0.1) is 11.8 Å². The molecule has 0 radical (unpaired) electrons. The first-order chi connectivity index (χ1) is 9.97. The number of hydrogen-bond acceptors (Lipinski definition) is 3. The van der Waals surface area contributed by atoms with Gasteiger partial charge < -0.3 is 10.6 Å². The molecule has 7 heteroatoms. The second kappa shape index (κ2) is 6.89. The van der Waals surface area contributed by atoms with Crippen LogP contribution in [-0.2, 0) is 9.59 Å². The van der Waals surface area contributed by atoms with Gasteiger partial charge in [0.15, 0.2) is 0 Å². The molecule has 1 saturated heterocycles. The summed E-state index contributed by atoms with van der Waals surface area (Å²) in [6, 6.07) is 3.25. The molecule has 0 aliphatic carbocycles. The molecule has 1 aromatic carbocycles. The van der Waals surface area contributed by atoms with Crippen molar-refractivity contribution in [2.75, 3.05) is 18.8 Å². The van der Waals surface area contributed by atoms with Crippen molar-refractivity contribution in [2.24, 2.45) is 11.7 Å². The number of rotatable bonds is 4. The molecule has 1 fully saturated rings. The summed E-state index contributed by atoms with van der Waals surface area (Å²) >= 11 is 1.02. The first kappa shape index (κ1) is 15.8. The van der Waals surface area contributed by atoms with Gasteiger partial charge in [-0.2, -0.15) is 0 Å². The maximum absolute atomic E-state index is 13.5. The predicted octanol–water partition coefficient (Wildman–Crippen LogP) is 1.78. The van der Waals surface area contributed by atoms with Crippen molar-refractivity contribution in [1.29, 1.82) is 0 Å². The Balaban J connectivity index is 1.90. The van der Waals surface area contributed by atoms with Crippen LogP contribution in [0.5, 0.6) is 0 Å². The third-order valence-corrected chi connectivity index (χ3v) is 4.45. The van der Waals surface area contributed by atoms with Crippen LogP contribution in [0, 0.1) is 17.6 Å². The van der Waals surface area contributed by atoms with E-state index in [-0.39, 0.29) is 22.5 Å². The Morgan fingerprint density at radius 3 is 2.81 bits per heavy atom. The van der Waals surface area contributed by atoms with Crippen LogP contribution >= 0.6 is 11.8 Å². The lowest BCUT2D eigenvalue weighted by Gasteiger charge is -2.31. The molecular formula is C14H16F2N2O2S. The Hall–Kier alpha value is -1.63. The number of halogens is 2. The van der Waals surface area contributed by atoms with Crippen molar-refractivity contribution in [3.8, 4) is 0 Å². The zero-order valence-corrected chi connectivity index (χ0v) is 12.2. The van der Waals surface area contributed by atoms with Crippen LogP contribution in [0.25, 0.3) is 0 Å². The van der Waals surface area contributed by atoms with Gasteiger partial charge in [-0.05, 0) is 25.0 Å². The number of likely N-dealkylation sites (tertiary alicyclic amines) is 1. The lowest BCUT2D eigenvalue weighted by molar-refractivity contribution is -0.132. The topological polar surface area (TPSA) is 63.4 Å². The van der Waals surface area contributed by atoms with Crippen molar-refractivity contribution in [3.05, 3.63) is 29.8 Å². The highest BCUT2D eigenvalue weighted by atomic mass is 32.2. The van der Waals surface area contributed by atoms with E-state index >= 15 is 0 Å². The molecule has 4 nitrogen and oxygen atoms in total. The fourth-order valence-corrected chi connectivity index (χ4v) is 3.08. The van der Waals surface area contributed by atoms with E-state index in [1.807, 2.05) is 0 Å². The molecule has 0 spiro atoms. The molecule has 2 N–H and O–H groups in total. The minimum Gasteiger partial charge on any atom is -0.369 e. The van der Waals surface area contributed by atoms with Gasteiger partial charge in [0.25, 0.3) is 0 Å². The van der Waals surface area contributed by atoms with E-state index in [1.54, 1.807) is 4.90 Å². The standard InChI is InChI=1S/C14H16F2N2O2S/c15-10-3-4-12(11(16)6-10)21-8-13(19)18-5-1-2-9(7-18)14(17)20/h3-4,6,9H,1-2,5,7-8H2,(H2,17,20). The van der Waals surface area contributed by atoms with Crippen molar-refractivity contribution in [3.63, 3.8) is 0 Å². The van der Waals surface area contributed by atoms with Gasteiger partial charge in [0.2, 0.25) is 11.8 Å². The highest BCUT2D eigenvalue weighted by Crippen LogP contribution is 2.24. The fraction of sp³-hybridized carbons (Fsp3) is 0.429. The van der Waals surface area contributed by atoms with Gasteiger partial charge in [0.1, 0.15) is 11.6 Å². The van der Waals surface area contributed by atoms with E-state index < -0.39 is 17.5 Å². The monoisotopic (exact) mass is 314 g/mol. The van der Waals surface area contributed by atoms with Crippen molar-refractivity contribution >= 4 is 23.6 Å². The molecule has 21 heavy (non-hydrogen) atoms. The normalized spacial score (nSPS) is 18.6. The molecule has 2 rings (SSSR count). The van der Waals surface area contributed by atoms with Gasteiger partial charge in [-0.3, -0.25) is 9.59 Å². The van der Waals surface area contributed by atoms with E-state index in [0.29, 0.717) is 19.5 Å². The van der Waals surface area contributed by atoms with E-state index in [2.05, 4.69) is 0 Å². The highest BCUT2D eigenvalue weighted by Gasteiger charge is 2.26. The van der Waals surface area contributed by atoms with Gasteiger partial charge in [0.05, 0.1) is 11.7 Å². The molecule has 0 aromatic heterocycles. The Labute approximate surface area is 125 Å². The second-order valence-electron chi connectivity index (χ2n) is 4.94. The lowest BCUT2D eigenvalue weighted by Crippen LogP contribution is -2.44. The summed E-state index contributed by atoms with van der Waals surface area (Å²) in [7, 11) is 0. The van der Waals surface area contributed by atoms with E-state index in [0.717, 1.165) is 30.3 Å². The number of amides is 2. The molecule has 0 saturated carbocycles. The summed E-state index contributed by atoms with van der Waals surface area (Å²) in [5, 5.41) is 0. The molecule has 1 heterocycles. The second-order valence-corrected chi connectivity index (χ2v) is 5.96. The zero-order valence-electron chi connectivity index (χ0n) is 11.4. The van der Waals surface area contributed by atoms with Crippen LogP contribution in [0.15, 0.2) is 23.1 Å². The van der Waals surface area contributed by atoms with Crippen molar-refractivity contribution < 1.29 is 18.4 Å². The van der Waals surface area contributed by atoms with E-state index in [4.69, 9.17) is 5.73 Å². The third-order valence-electron chi connectivity index (χ3n) is 3.42. The average molecular weight is 314 g/mol. The van der Waals surface area contributed by atoms with Crippen LogP contribution < -0.4 is 5.73 Å². The molecule has 1 aliphatic heterocycles.